The number of hydrogen-bond acceptors (Lipinski definition) is 3. The van der Waals surface area contributed by atoms with E-state index in [4.69, 9.17) is 4.74 Å². The van der Waals surface area contributed by atoms with Gasteiger partial charge in [-0.1, -0.05) is 48.0 Å². The van der Waals surface area contributed by atoms with Crippen LogP contribution in [0.5, 0.6) is 0 Å². The normalized spacial score (nSPS) is 11.3. The summed E-state index contributed by atoms with van der Waals surface area (Å²) in [5.74, 6) is 0. The molecule has 3 aromatic rings. The Morgan fingerprint density at radius 1 is 1.11 bits per heavy atom. The van der Waals surface area contributed by atoms with Gasteiger partial charge in [-0.2, -0.15) is 18.3 Å². The number of amides is 1. The summed E-state index contributed by atoms with van der Waals surface area (Å²) in [5, 5.41) is 5.90. The van der Waals surface area contributed by atoms with E-state index in [-0.39, 0.29) is 12.3 Å². The molecule has 1 amide bonds. The molecular formula is C19H16F3N3O2. The Kier molecular flexibility index (Phi) is 5.16. The van der Waals surface area contributed by atoms with Crippen LogP contribution in [0.4, 0.5) is 23.7 Å². The molecule has 3 rings (SSSR count). The lowest BCUT2D eigenvalue weighted by atomic mass is 10.2. The largest absolute Gasteiger partial charge is 0.444 e. The average molecular weight is 375 g/mol. The average Bonchev–Trinajstić information content (AvgIpc) is 3.05. The van der Waals surface area contributed by atoms with Crippen molar-refractivity contribution in [3.63, 3.8) is 0 Å². The molecule has 0 aliphatic rings. The number of benzene rings is 2. The summed E-state index contributed by atoms with van der Waals surface area (Å²) in [7, 11) is 0. The molecule has 1 N–H and O–H groups in total. The molecule has 5 nitrogen and oxygen atoms in total. The minimum atomic E-state index is -4.72. The summed E-state index contributed by atoms with van der Waals surface area (Å²) >= 11 is 0. The van der Waals surface area contributed by atoms with Gasteiger partial charge in [0.15, 0.2) is 5.69 Å². The monoisotopic (exact) mass is 375 g/mol. The fourth-order valence-electron chi connectivity index (χ4n) is 2.46. The fraction of sp³-hybridized carbons (Fsp3) is 0.158. The highest BCUT2D eigenvalue weighted by molar-refractivity contribution is 5.85. The highest BCUT2D eigenvalue weighted by Crippen LogP contribution is 2.36. The van der Waals surface area contributed by atoms with Crippen molar-refractivity contribution >= 4 is 11.8 Å². The Balaban J connectivity index is 1.81. The summed E-state index contributed by atoms with van der Waals surface area (Å²) in [6.45, 7) is 1.77. The van der Waals surface area contributed by atoms with Gasteiger partial charge in [0, 0.05) is 0 Å². The van der Waals surface area contributed by atoms with Gasteiger partial charge < -0.3 is 4.74 Å². The lowest BCUT2D eigenvalue weighted by Gasteiger charge is -2.13. The lowest BCUT2D eigenvalue weighted by Crippen LogP contribution is -2.19. The lowest BCUT2D eigenvalue weighted by molar-refractivity contribution is -0.142. The summed E-state index contributed by atoms with van der Waals surface area (Å²) < 4.78 is 46.4. The van der Waals surface area contributed by atoms with Crippen molar-refractivity contribution in [2.75, 3.05) is 5.32 Å². The van der Waals surface area contributed by atoms with Gasteiger partial charge in [0.05, 0.1) is 17.6 Å². The zero-order chi connectivity index (χ0) is 19.4. The second-order valence-electron chi connectivity index (χ2n) is 5.84. The molecule has 0 aliphatic heterocycles. The van der Waals surface area contributed by atoms with Gasteiger partial charge in [-0.25, -0.2) is 9.48 Å². The van der Waals surface area contributed by atoms with Crippen LogP contribution >= 0.6 is 0 Å². The predicted octanol–water partition coefficient (Wildman–Crippen LogP) is 4.95. The molecule has 1 aromatic heterocycles. The Labute approximate surface area is 153 Å². The molecule has 8 heteroatoms. The number of aromatic nitrogens is 2. The minimum absolute atomic E-state index is 0.0554. The Hall–Kier alpha value is -3.29. The first kappa shape index (κ1) is 18.5. The minimum Gasteiger partial charge on any atom is -0.444 e. The van der Waals surface area contributed by atoms with Crippen LogP contribution < -0.4 is 5.32 Å². The molecular weight excluding hydrogens is 359 g/mol. The molecule has 0 spiro atoms. The van der Waals surface area contributed by atoms with E-state index in [1.165, 1.54) is 12.1 Å². The van der Waals surface area contributed by atoms with Crippen LogP contribution in [0.2, 0.25) is 0 Å². The van der Waals surface area contributed by atoms with Crippen LogP contribution in [0.1, 0.15) is 16.8 Å². The Bertz CT molecular complexity index is 920. The van der Waals surface area contributed by atoms with E-state index >= 15 is 0 Å². The van der Waals surface area contributed by atoms with Crippen LogP contribution in [0, 0.1) is 6.92 Å². The third-order valence-corrected chi connectivity index (χ3v) is 3.77. The molecule has 0 saturated carbocycles. The number of nitrogens with zero attached hydrogens (tertiary/aromatic N) is 2. The first-order valence-corrected chi connectivity index (χ1v) is 8.04. The zero-order valence-electron chi connectivity index (χ0n) is 14.3. The number of hydrogen-bond donors (Lipinski definition) is 1. The highest BCUT2D eigenvalue weighted by Gasteiger charge is 2.39. The van der Waals surface area contributed by atoms with Crippen molar-refractivity contribution in [3.05, 3.63) is 77.6 Å². The van der Waals surface area contributed by atoms with E-state index in [1.807, 2.05) is 6.92 Å². The van der Waals surface area contributed by atoms with Crippen molar-refractivity contribution in [3.8, 4) is 5.69 Å². The standard InChI is InChI=1S/C19H16F3N3O2/c1-13-7-9-15(10-8-13)25-17(19(20,21)22)16(11-23-25)24-18(26)27-12-14-5-3-2-4-6-14/h2-11H,12H2,1H3,(H,24,26). The first-order valence-electron chi connectivity index (χ1n) is 8.04. The highest BCUT2D eigenvalue weighted by atomic mass is 19.4. The number of carbonyl (C=O) groups is 1. The van der Waals surface area contributed by atoms with E-state index in [9.17, 15) is 18.0 Å². The van der Waals surface area contributed by atoms with Crippen molar-refractivity contribution in [2.24, 2.45) is 0 Å². The van der Waals surface area contributed by atoms with Crippen LogP contribution in [0.25, 0.3) is 5.69 Å². The molecule has 27 heavy (non-hydrogen) atoms. The maximum absolute atomic E-state index is 13.6. The van der Waals surface area contributed by atoms with Crippen LogP contribution in [0.3, 0.4) is 0 Å². The zero-order valence-corrected chi connectivity index (χ0v) is 14.3. The molecule has 1 heterocycles. The number of rotatable bonds is 4. The van der Waals surface area contributed by atoms with E-state index in [0.717, 1.165) is 22.0 Å². The number of alkyl halides is 3. The van der Waals surface area contributed by atoms with E-state index in [1.54, 1.807) is 42.5 Å². The number of nitrogens with one attached hydrogen (secondary N) is 1. The SMILES string of the molecule is Cc1ccc(-n2ncc(NC(=O)OCc3ccccc3)c2C(F)(F)F)cc1. The third-order valence-electron chi connectivity index (χ3n) is 3.77. The molecule has 0 aliphatic carbocycles. The molecule has 0 unspecified atom stereocenters. The van der Waals surface area contributed by atoms with Crippen molar-refractivity contribution in [1.29, 1.82) is 0 Å². The van der Waals surface area contributed by atoms with Crippen molar-refractivity contribution in [2.45, 2.75) is 19.7 Å². The molecule has 140 valence electrons. The van der Waals surface area contributed by atoms with E-state index < -0.39 is 23.7 Å². The summed E-state index contributed by atoms with van der Waals surface area (Å²) in [5.41, 5.74) is 0.309. The smallest absolute Gasteiger partial charge is 0.435 e. The number of aryl methyl sites for hydroxylation is 1. The van der Waals surface area contributed by atoms with Gasteiger partial charge in [0.25, 0.3) is 0 Å². The Morgan fingerprint density at radius 3 is 2.41 bits per heavy atom. The molecule has 0 radical (unpaired) electrons. The van der Waals surface area contributed by atoms with Crippen LogP contribution in [0.15, 0.2) is 60.8 Å². The van der Waals surface area contributed by atoms with Crippen molar-refractivity contribution < 1.29 is 22.7 Å². The quantitative estimate of drug-likeness (QED) is 0.702. The number of halogens is 3. The van der Waals surface area contributed by atoms with Crippen molar-refractivity contribution in [1.82, 2.24) is 9.78 Å². The Morgan fingerprint density at radius 2 is 1.78 bits per heavy atom. The summed E-state index contributed by atoms with van der Waals surface area (Å²) in [4.78, 5) is 11.9. The molecule has 2 aromatic carbocycles. The van der Waals surface area contributed by atoms with Crippen LogP contribution in [-0.4, -0.2) is 15.9 Å². The van der Waals surface area contributed by atoms with E-state index in [2.05, 4.69) is 10.4 Å². The van der Waals surface area contributed by atoms with Gasteiger partial charge in [0.1, 0.15) is 6.61 Å². The fourth-order valence-corrected chi connectivity index (χ4v) is 2.46. The number of anilines is 1. The van der Waals surface area contributed by atoms with Crippen LogP contribution in [-0.2, 0) is 17.5 Å². The third kappa shape index (κ3) is 4.46. The summed E-state index contributed by atoms with van der Waals surface area (Å²) in [6, 6.07) is 15.2. The second kappa shape index (κ2) is 7.53. The van der Waals surface area contributed by atoms with Gasteiger partial charge in [-0.05, 0) is 24.6 Å². The molecule has 0 fully saturated rings. The first-order chi connectivity index (χ1) is 12.8. The predicted molar refractivity (Wildman–Crippen MR) is 93.6 cm³/mol. The van der Waals surface area contributed by atoms with Gasteiger partial charge in [-0.3, -0.25) is 5.32 Å². The molecule has 0 atom stereocenters. The molecule has 0 saturated heterocycles. The molecule has 0 bridgehead atoms. The van der Waals surface area contributed by atoms with E-state index in [0.29, 0.717) is 0 Å². The topological polar surface area (TPSA) is 56.2 Å². The number of carbonyl (C=O) groups excluding carboxylic acids is 1. The maximum Gasteiger partial charge on any atom is 0.435 e. The maximum atomic E-state index is 13.6. The van der Waals surface area contributed by atoms with Gasteiger partial charge in [-0.15, -0.1) is 0 Å². The number of ether oxygens (including phenoxy) is 1. The van der Waals surface area contributed by atoms with Gasteiger partial charge >= 0.3 is 12.3 Å². The van der Waals surface area contributed by atoms with Gasteiger partial charge in [0.2, 0.25) is 0 Å². The summed E-state index contributed by atoms with van der Waals surface area (Å²) in [6.07, 6.45) is -4.76. The second-order valence-corrected chi connectivity index (χ2v) is 5.84.